The lowest BCUT2D eigenvalue weighted by Crippen LogP contribution is -2.09. The molecule has 2 aromatic carbocycles. The van der Waals surface area contributed by atoms with E-state index in [9.17, 15) is 0 Å². The van der Waals surface area contributed by atoms with Crippen LogP contribution in [0.15, 0.2) is 48.5 Å². The van der Waals surface area contributed by atoms with Crippen molar-refractivity contribution in [3.63, 3.8) is 0 Å². The van der Waals surface area contributed by atoms with E-state index in [0.29, 0.717) is 20.5 Å². The normalized spacial score (nSPS) is 12.8. The fraction of sp³-hybridized carbons (Fsp3) is 0.143. The zero-order valence-electron chi connectivity index (χ0n) is 11.1. The lowest BCUT2D eigenvalue weighted by Gasteiger charge is -2.15. The highest BCUT2D eigenvalue weighted by molar-refractivity contribution is 6.64. The lowest BCUT2D eigenvalue weighted by atomic mass is 10.0. The molecule has 2 aromatic rings. The summed E-state index contributed by atoms with van der Waals surface area (Å²) in [5, 5.41) is 0. The molecule has 20 heavy (non-hydrogen) atoms. The first-order valence-corrected chi connectivity index (χ1v) is 9.66. The van der Waals surface area contributed by atoms with Gasteiger partial charge in [-0.05, 0) is 22.3 Å². The van der Waals surface area contributed by atoms with Crippen molar-refractivity contribution in [2.45, 2.75) is 7.91 Å². The molecule has 0 aliphatic carbocycles. The summed E-state index contributed by atoms with van der Waals surface area (Å²) in [7, 11) is 1.36. The van der Waals surface area contributed by atoms with Crippen LogP contribution in [-0.4, -0.2) is 20.5 Å². The molecule has 0 nitrogen and oxygen atoms in total. The van der Waals surface area contributed by atoms with Crippen LogP contribution < -0.4 is 0 Å². The summed E-state index contributed by atoms with van der Waals surface area (Å²) in [5.41, 5.74) is 4.10. The monoisotopic (exact) mass is 378 g/mol. The van der Waals surface area contributed by atoms with Crippen molar-refractivity contribution in [3.8, 4) is 11.1 Å². The van der Waals surface area contributed by atoms with Gasteiger partial charge in [0.05, 0.1) is 20.5 Å². The Labute approximate surface area is 145 Å². The summed E-state index contributed by atoms with van der Waals surface area (Å²) in [6.07, 6.45) is 0. The standard InChI is InChI=1S/C14H14Cl4Si2/c15-13(16,19)11-5-1-9(2-6-11)10-3-7-12(8-4-10)14(17,18)20/h1-8H,19-20H3. The van der Waals surface area contributed by atoms with Gasteiger partial charge in [0, 0.05) is 0 Å². The van der Waals surface area contributed by atoms with Gasteiger partial charge in [-0.15, -0.1) is 46.4 Å². The highest BCUT2D eigenvalue weighted by atomic mass is 35.5. The molecule has 0 saturated heterocycles. The molecule has 0 radical (unpaired) electrons. The van der Waals surface area contributed by atoms with E-state index in [1.54, 1.807) is 0 Å². The molecular weight excluding hydrogens is 366 g/mol. The number of halogens is 4. The van der Waals surface area contributed by atoms with Gasteiger partial charge < -0.3 is 0 Å². The molecule has 0 atom stereocenters. The summed E-state index contributed by atoms with van der Waals surface area (Å²) in [6, 6.07) is 16.0. The highest BCUT2D eigenvalue weighted by Gasteiger charge is 2.20. The Balaban J connectivity index is 2.29. The van der Waals surface area contributed by atoms with E-state index in [-0.39, 0.29) is 0 Å². The molecule has 6 heteroatoms. The van der Waals surface area contributed by atoms with Gasteiger partial charge in [-0.1, -0.05) is 48.5 Å². The number of hydrogen-bond acceptors (Lipinski definition) is 0. The first kappa shape index (κ1) is 16.4. The Hall–Kier alpha value is 0.0338. The van der Waals surface area contributed by atoms with Crippen molar-refractivity contribution in [3.05, 3.63) is 59.7 Å². The number of alkyl halides is 4. The molecule has 0 aliphatic heterocycles. The minimum Gasteiger partial charge on any atom is -0.102 e. The molecule has 2 rings (SSSR count). The van der Waals surface area contributed by atoms with Gasteiger partial charge in [-0.25, -0.2) is 0 Å². The Morgan fingerprint density at radius 2 is 0.800 bits per heavy atom. The fourth-order valence-electron chi connectivity index (χ4n) is 1.91. The third-order valence-electron chi connectivity index (χ3n) is 3.12. The van der Waals surface area contributed by atoms with Crippen LogP contribution in [0.2, 0.25) is 0 Å². The van der Waals surface area contributed by atoms with E-state index in [0.717, 1.165) is 22.3 Å². The molecule has 0 amide bonds. The van der Waals surface area contributed by atoms with Crippen molar-refractivity contribution in [2.75, 3.05) is 0 Å². The minimum atomic E-state index is -0.730. The van der Waals surface area contributed by atoms with Gasteiger partial charge in [0.2, 0.25) is 0 Å². The summed E-state index contributed by atoms with van der Waals surface area (Å²) < 4.78 is -1.46. The Morgan fingerprint density at radius 3 is 1.00 bits per heavy atom. The third kappa shape index (κ3) is 4.03. The van der Waals surface area contributed by atoms with Gasteiger partial charge in [0.15, 0.2) is 0 Å². The molecule has 0 saturated carbocycles. The predicted octanol–water partition coefficient (Wildman–Crippen LogP) is 3.26. The lowest BCUT2D eigenvalue weighted by molar-refractivity contribution is 1.23. The van der Waals surface area contributed by atoms with Crippen LogP contribution in [0.3, 0.4) is 0 Å². The largest absolute Gasteiger partial charge is 0.121 e. The van der Waals surface area contributed by atoms with E-state index in [2.05, 4.69) is 0 Å². The first-order chi connectivity index (χ1) is 9.18. The van der Waals surface area contributed by atoms with Crippen LogP contribution in [0.4, 0.5) is 0 Å². The molecule has 0 fully saturated rings. The number of rotatable bonds is 3. The molecule has 0 aliphatic rings. The van der Waals surface area contributed by atoms with E-state index in [1.165, 1.54) is 0 Å². The summed E-state index contributed by atoms with van der Waals surface area (Å²) in [4.78, 5) is 0. The molecule has 0 unspecified atom stereocenters. The van der Waals surface area contributed by atoms with Gasteiger partial charge in [-0.2, -0.15) is 0 Å². The van der Waals surface area contributed by atoms with Gasteiger partial charge in [-0.3, -0.25) is 0 Å². The Kier molecular flexibility index (Phi) is 4.95. The first-order valence-electron chi connectivity index (χ1n) is 6.15. The van der Waals surface area contributed by atoms with Gasteiger partial charge >= 0.3 is 0 Å². The maximum Gasteiger partial charge on any atom is 0.121 e. The van der Waals surface area contributed by atoms with Crippen LogP contribution in [0.25, 0.3) is 11.1 Å². The number of hydrogen-bond donors (Lipinski definition) is 0. The van der Waals surface area contributed by atoms with Crippen molar-refractivity contribution in [1.82, 2.24) is 0 Å². The Bertz CT molecular complexity index is 525. The third-order valence-corrected chi connectivity index (χ3v) is 5.14. The van der Waals surface area contributed by atoms with Crippen molar-refractivity contribution in [1.29, 1.82) is 0 Å². The average Bonchev–Trinajstić information content (AvgIpc) is 2.37. The van der Waals surface area contributed by atoms with E-state index in [4.69, 9.17) is 46.4 Å². The molecule has 0 bridgehead atoms. The maximum atomic E-state index is 6.13. The van der Waals surface area contributed by atoms with Crippen molar-refractivity contribution in [2.24, 2.45) is 0 Å². The molecular formula is C14H14Cl4Si2. The van der Waals surface area contributed by atoms with Crippen molar-refractivity contribution >= 4 is 66.9 Å². The van der Waals surface area contributed by atoms with Gasteiger partial charge in [0.1, 0.15) is 7.91 Å². The smallest absolute Gasteiger partial charge is 0.102 e. The molecule has 106 valence electrons. The van der Waals surface area contributed by atoms with Crippen LogP contribution in [0, 0.1) is 0 Å². The molecule has 0 spiro atoms. The highest BCUT2D eigenvalue weighted by Crippen LogP contribution is 2.33. The topological polar surface area (TPSA) is 0 Å². The van der Waals surface area contributed by atoms with Crippen LogP contribution >= 0.6 is 46.4 Å². The zero-order chi connectivity index (χ0) is 15.0. The van der Waals surface area contributed by atoms with E-state index in [1.807, 2.05) is 48.5 Å². The number of benzene rings is 2. The van der Waals surface area contributed by atoms with E-state index >= 15 is 0 Å². The summed E-state index contributed by atoms with van der Waals surface area (Å²) >= 11 is 24.5. The predicted molar refractivity (Wildman–Crippen MR) is 98.5 cm³/mol. The van der Waals surface area contributed by atoms with Gasteiger partial charge in [0.25, 0.3) is 0 Å². The second kappa shape index (κ2) is 6.03. The minimum absolute atomic E-state index is 0.682. The fourth-order valence-corrected chi connectivity index (χ4v) is 3.08. The SMILES string of the molecule is [SiH3]C(Cl)(Cl)c1ccc(-c2ccc(C([SiH3])(Cl)Cl)cc2)cc1. The summed E-state index contributed by atoms with van der Waals surface area (Å²) in [5.74, 6) is 0. The average molecular weight is 380 g/mol. The van der Waals surface area contributed by atoms with Crippen molar-refractivity contribution < 1.29 is 0 Å². The quantitative estimate of drug-likeness (QED) is 0.567. The molecule has 0 aromatic heterocycles. The molecule has 0 heterocycles. The van der Waals surface area contributed by atoms with E-state index < -0.39 is 7.91 Å². The summed E-state index contributed by atoms with van der Waals surface area (Å²) in [6.45, 7) is 0. The van der Waals surface area contributed by atoms with Crippen LogP contribution in [0.5, 0.6) is 0 Å². The zero-order valence-corrected chi connectivity index (χ0v) is 18.2. The second-order valence-electron chi connectivity index (χ2n) is 4.93. The molecule has 0 N–H and O–H groups in total. The van der Waals surface area contributed by atoms with Crippen LogP contribution in [0.1, 0.15) is 11.1 Å². The van der Waals surface area contributed by atoms with Crippen LogP contribution in [-0.2, 0) is 7.91 Å². The maximum absolute atomic E-state index is 6.13. The second-order valence-corrected chi connectivity index (χ2v) is 13.9. The Morgan fingerprint density at radius 1 is 0.550 bits per heavy atom.